The van der Waals surface area contributed by atoms with Gasteiger partial charge >= 0.3 is 0 Å². The molecular formula is C15H23N3O3. The minimum Gasteiger partial charge on any atom is -0.383 e. The van der Waals surface area contributed by atoms with Crippen LogP contribution in [0.1, 0.15) is 12.5 Å². The molecule has 0 bridgehead atoms. The lowest BCUT2D eigenvalue weighted by Crippen LogP contribution is -2.50. The highest BCUT2D eigenvalue weighted by Gasteiger charge is 2.22. The predicted octanol–water partition coefficient (Wildman–Crippen LogP) is 1.75. The smallest absolute Gasteiger partial charge is 0.273 e. The van der Waals surface area contributed by atoms with Crippen molar-refractivity contribution in [2.75, 3.05) is 39.9 Å². The SMILES string of the molecule is COC[C@H](C)N1CCN(Cc2ccccc2[N+](=O)[O-])CC1. The first kappa shape index (κ1) is 15.9. The molecule has 116 valence electrons. The summed E-state index contributed by atoms with van der Waals surface area (Å²) in [4.78, 5) is 15.4. The maximum atomic E-state index is 11.0. The summed E-state index contributed by atoms with van der Waals surface area (Å²) >= 11 is 0. The summed E-state index contributed by atoms with van der Waals surface area (Å²) in [6.07, 6.45) is 0. The molecule has 1 saturated heterocycles. The molecule has 1 aliphatic heterocycles. The standard InChI is InChI=1S/C15H23N3O3/c1-13(12-21-2)17-9-7-16(8-10-17)11-14-5-3-4-6-15(14)18(19)20/h3-6,13H,7-12H2,1-2H3/t13-/m0/s1. The van der Waals surface area contributed by atoms with Crippen LogP contribution in [0, 0.1) is 10.1 Å². The number of nitrogens with zero attached hydrogens (tertiary/aromatic N) is 3. The van der Waals surface area contributed by atoms with Crippen LogP contribution in [-0.4, -0.2) is 60.7 Å². The van der Waals surface area contributed by atoms with Crippen LogP contribution in [0.5, 0.6) is 0 Å². The molecule has 1 aromatic rings. The Kier molecular flexibility index (Phi) is 5.67. The van der Waals surface area contributed by atoms with E-state index >= 15 is 0 Å². The molecule has 0 aliphatic carbocycles. The molecule has 6 nitrogen and oxygen atoms in total. The first-order chi connectivity index (χ1) is 10.1. The van der Waals surface area contributed by atoms with Gasteiger partial charge in [0.25, 0.3) is 5.69 Å². The van der Waals surface area contributed by atoms with Crippen LogP contribution in [0.4, 0.5) is 5.69 Å². The van der Waals surface area contributed by atoms with Gasteiger partial charge < -0.3 is 4.74 Å². The molecule has 0 radical (unpaired) electrons. The Morgan fingerprint density at radius 3 is 2.57 bits per heavy atom. The second-order valence-electron chi connectivity index (χ2n) is 5.50. The molecule has 2 rings (SSSR count). The summed E-state index contributed by atoms with van der Waals surface area (Å²) in [6, 6.07) is 7.42. The fraction of sp³-hybridized carbons (Fsp3) is 0.600. The van der Waals surface area contributed by atoms with Crippen molar-refractivity contribution in [1.82, 2.24) is 9.80 Å². The Bertz CT molecular complexity index is 473. The van der Waals surface area contributed by atoms with Gasteiger partial charge in [-0.2, -0.15) is 0 Å². The summed E-state index contributed by atoms with van der Waals surface area (Å²) in [5.74, 6) is 0. The molecule has 0 amide bonds. The Morgan fingerprint density at radius 2 is 1.95 bits per heavy atom. The van der Waals surface area contributed by atoms with Gasteiger partial charge in [-0.3, -0.25) is 19.9 Å². The van der Waals surface area contributed by atoms with E-state index in [1.807, 2.05) is 12.1 Å². The summed E-state index contributed by atoms with van der Waals surface area (Å²) in [7, 11) is 1.72. The Hall–Kier alpha value is -1.50. The van der Waals surface area contributed by atoms with E-state index in [9.17, 15) is 10.1 Å². The second-order valence-corrected chi connectivity index (χ2v) is 5.50. The number of piperazine rings is 1. The average Bonchev–Trinajstić information content (AvgIpc) is 2.48. The van der Waals surface area contributed by atoms with Gasteiger partial charge in [0.15, 0.2) is 0 Å². The highest BCUT2D eigenvalue weighted by atomic mass is 16.6. The van der Waals surface area contributed by atoms with Gasteiger partial charge in [0.2, 0.25) is 0 Å². The molecular weight excluding hydrogens is 270 g/mol. The van der Waals surface area contributed by atoms with Crippen LogP contribution >= 0.6 is 0 Å². The van der Waals surface area contributed by atoms with Crippen molar-refractivity contribution in [2.24, 2.45) is 0 Å². The van der Waals surface area contributed by atoms with E-state index in [-0.39, 0.29) is 10.6 Å². The van der Waals surface area contributed by atoms with E-state index in [1.54, 1.807) is 19.2 Å². The predicted molar refractivity (Wildman–Crippen MR) is 81.3 cm³/mol. The minimum atomic E-state index is -0.299. The zero-order valence-electron chi connectivity index (χ0n) is 12.7. The van der Waals surface area contributed by atoms with Gasteiger partial charge in [0.1, 0.15) is 0 Å². The normalized spacial score (nSPS) is 18.6. The number of rotatable bonds is 6. The van der Waals surface area contributed by atoms with Crippen molar-refractivity contribution in [2.45, 2.75) is 19.5 Å². The molecule has 1 aromatic carbocycles. The fourth-order valence-corrected chi connectivity index (χ4v) is 2.77. The summed E-state index contributed by atoms with van der Waals surface area (Å²) < 4.78 is 5.19. The van der Waals surface area contributed by atoms with Gasteiger partial charge in [-0.15, -0.1) is 0 Å². The number of ether oxygens (including phenoxy) is 1. The lowest BCUT2D eigenvalue weighted by Gasteiger charge is -2.37. The van der Waals surface area contributed by atoms with Crippen molar-refractivity contribution in [3.63, 3.8) is 0 Å². The van der Waals surface area contributed by atoms with Crippen molar-refractivity contribution >= 4 is 5.69 Å². The van der Waals surface area contributed by atoms with Gasteiger partial charge in [-0.1, -0.05) is 18.2 Å². The molecule has 1 atom stereocenters. The van der Waals surface area contributed by atoms with Crippen LogP contribution in [-0.2, 0) is 11.3 Å². The number of para-hydroxylation sites is 1. The van der Waals surface area contributed by atoms with E-state index < -0.39 is 0 Å². The third-order valence-corrected chi connectivity index (χ3v) is 4.02. The maximum absolute atomic E-state index is 11.0. The molecule has 0 spiro atoms. The lowest BCUT2D eigenvalue weighted by molar-refractivity contribution is -0.385. The molecule has 1 aliphatic rings. The number of methoxy groups -OCH3 is 1. The molecule has 21 heavy (non-hydrogen) atoms. The molecule has 0 N–H and O–H groups in total. The third kappa shape index (κ3) is 4.23. The summed E-state index contributed by atoms with van der Waals surface area (Å²) in [6.45, 7) is 7.37. The van der Waals surface area contributed by atoms with E-state index in [0.29, 0.717) is 12.6 Å². The van der Waals surface area contributed by atoms with Crippen LogP contribution in [0.2, 0.25) is 0 Å². The van der Waals surface area contributed by atoms with Gasteiger partial charge in [-0.25, -0.2) is 0 Å². The molecule has 1 fully saturated rings. The number of hydrogen-bond donors (Lipinski definition) is 0. The molecule has 0 saturated carbocycles. The van der Waals surface area contributed by atoms with E-state index in [2.05, 4.69) is 16.7 Å². The highest BCUT2D eigenvalue weighted by molar-refractivity contribution is 5.39. The van der Waals surface area contributed by atoms with Crippen molar-refractivity contribution in [1.29, 1.82) is 0 Å². The van der Waals surface area contributed by atoms with Gasteiger partial charge in [-0.05, 0) is 6.92 Å². The van der Waals surface area contributed by atoms with E-state index in [1.165, 1.54) is 0 Å². The number of nitro groups is 1. The topological polar surface area (TPSA) is 58.8 Å². The van der Waals surface area contributed by atoms with Crippen LogP contribution in [0.15, 0.2) is 24.3 Å². The molecule has 6 heteroatoms. The number of nitro benzene ring substituents is 1. The van der Waals surface area contributed by atoms with E-state index in [4.69, 9.17) is 4.74 Å². The van der Waals surface area contributed by atoms with Crippen LogP contribution < -0.4 is 0 Å². The molecule has 0 aromatic heterocycles. The zero-order valence-corrected chi connectivity index (χ0v) is 12.7. The maximum Gasteiger partial charge on any atom is 0.273 e. The Morgan fingerprint density at radius 1 is 1.29 bits per heavy atom. The zero-order chi connectivity index (χ0) is 15.2. The second kappa shape index (κ2) is 7.49. The van der Waals surface area contributed by atoms with Gasteiger partial charge in [0, 0.05) is 57.5 Å². The third-order valence-electron chi connectivity index (χ3n) is 4.02. The lowest BCUT2D eigenvalue weighted by atomic mass is 10.1. The van der Waals surface area contributed by atoms with Crippen LogP contribution in [0.3, 0.4) is 0 Å². The quantitative estimate of drug-likeness (QED) is 0.591. The van der Waals surface area contributed by atoms with E-state index in [0.717, 1.165) is 38.3 Å². The summed E-state index contributed by atoms with van der Waals surface area (Å²) in [5.41, 5.74) is 1.01. The van der Waals surface area contributed by atoms with Crippen molar-refractivity contribution in [3.8, 4) is 0 Å². The molecule has 1 heterocycles. The Labute approximate surface area is 125 Å². The van der Waals surface area contributed by atoms with Crippen LogP contribution in [0.25, 0.3) is 0 Å². The van der Waals surface area contributed by atoms with Crippen molar-refractivity contribution in [3.05, 3.63) is 39.9 Å². The number of hydrogen-bond acceptors (Lipinski definition) is 5. The van der Waals surface area contributed by atoms with Gasteiger partial charge in [0.05, 0.1) is 11.5 Å². The fourth-order valence-electron chi connectivity index (χ4n) is 2.77. The first-order valence-electron chi connectivity index (χ1n) is 7.29. The number of benzene rings is 1. The van der Waals surface area contributed by atoms with Crippen molar-refractivity contribution < 1.29 is 9.66 Å². The largest absolute Gasteiger partial charge is 0.383 e. The highest BCUT2D eigenvalue weighted by Crippen LogP contribution is 2.20. The minimum absolute atomic E-state index is 0.215. The molecule has 0 unspecified atom stereocenters. The monoisotopic (exact) mass is 293 g/mol. The first-order valence-corrected chi connectivity index (χ1v) is 7.29. The summed E-state index contributed by atoms with van der Waals surface area (Å²) in [5, 5.41) is 11.0. The Balaban J connectivity index is 1.91. The average molecular weight is 293 g/mol.